The minimum absolute atomic E-state index is 0.0275. The number of nitrogens with zero attached hydrogens (tertiary/aromatic N) is 2. The molecule has 0 bridgehead atoms. The molecule has 0 aromatic heterocycles. The molecular weight excluding hydrogens is 646 g/mol. The SMILES string of the molecule is CCC[C@@H](NC(=O)[C@@H]1C[C@]2(CN1C(=O)[C@H](NC(=O)[C@@H](NC(=O)[C@H]1CCCCN1C(C)C)C1CCCCC1)C(C)(C)C)C(C)(C)C21CCC1)C(=O)O. The lowest BCUT2D eigenvalue weighted by atomic mass is 9.73. The largest absolute Gasteiger partial charge is 0.480 e. The number of aliphatic carboxylic acids is 1. The highest BCUT2D eigenvalue weighted by atomic mass is 16.4. The third-order valence-electron chi connectivity index (χ3n) is 14.2. The highest BCUT2D eigenvalue weighted by Crippen LogP contribution is 2.88. The summed E-state index contributed by atoms with van der Waals surface area (Å²) in [6.07, 6.45) is 12.1. The van der Waals surface area contributed by atoms with Crippen molar-refractivity contribution in [1.29, 1.82) is 0 Å². The molecule has 4 N–H and O–H groups in total. The van der Waals surface area contributed by atoms with Crippen LogP contribution < -0.4 is 16.0 Å². The van der Waals surface area contributed by atoms with Gasteiger partial charge in [0.05, 0.1) is 6.04 Å². The van der Waals surface area contributed by atoms with Crippen molar-refractivity contribution in [3.63, 3.8) is 0 Å². The van der Waals surface area contributed by atoms with Crippen LogP contribution in [0, 0.1) is 27.6 Å². The first-order valence-electron chi connectivity index (χ1n) is 20.1. The number of rotatable bonds is 12. The Hall–Kier alpha value is -2.69. The van der Waals surface area contributed by atoms with E-state index in [1.54, 1.807) is 4.90 Å². The Labute approximate surface area is 306 Å². The van der Waals surface area contributed by atoms with Crippen LogP contribution in [0.5, 0.6) is 0 Å². The van der Waals surface area contributed by atoms with E-state index in [9.17, 15) is 29.1 Å². The second kappa shape index (κ2) is 15.0. The van der Waals surface area contributed by atoms with Gasteiger partial charge in [-0.05, 0) is 93.9 Å². The van der Waals surface area contributed by atoms with Gasteiger partial charge in [0.25, 0.3) is 0 Å². The van der Waals surface area contributed by atoms with Crippen molar-refractivity contribution >= 4 is 29.6 Å². The van der Waals surface area contributed by atoms with E-state index in [0.29, 0.717) is 25.8 Å². The number of piperidine rings is 1. The van der Waals surface area contributed by atoms with Gasteiger partial charge >= 0.3 is 5.97 Å². The normalized spacial score (nSPS) is 29.2. The molecule has 5 aliphatic rings. The van der Waals surface area contributed by atoms with Crippen LogP contribution in [0.1, 0.15) is 145 Å². The predicted octanol–water partition coefficient (Wildman–Crippen LogP) is 5.01. The molecule has 11 heteroatoms. The number of likely N-dealkylation sites (tertiary alicyclic amines) is 2. The molecule has 0 unspecified atom stereocenters. The number of carbonyl (C=O) groups is 5. The summed E-state index contributed by atoms with van der Waals surface area (Å²) in [7, 11) is 0. The first kappa shape index (κ1) is 39.5. The summed E-state index contributed by atoms with van der Waals surface area (Å²) in [5.41, 5.74) is -0.960. The maximum atomic E-state index is 14.9. The monoisotopic (exact) mass is 714 g/mol. The molecule has 288 valence electrons. The summed E-state index contributed by atoms with van der Waals surface area (Å²) in [5.74, 6) is -2.33. The zero-order valence-electron chi connectivity index (χ0n) is 32.7. The van der Waals surface area contributed by atoms with E-state index in [2.05, 4.69) is 48.5 Å². The molecule has 2 spiro atoms. The molecule has 0 aromatic carbocycles. The molecule has 2 saturated heterocycles. The van der Waals surface area contributed by atoms with Crippen LogP contribution in [0.4, 0.5) is 0 Å². The van der Waals surface area contributed by atoms with Crippen LogP contribution in [-0.2, 0) is 24.0 Å². The average molecular weight is 714 g/mol. The van der Waals surface area contributed by atoms with Crippen molar-refractivity contribution in [3.8, 4) is 0 Å². The highest BCUT2D eigenvalue weighted by molar-refractivity contribution is 5.96. The molecule has 6 atom stereocenters. The molecule has 3 saturated carbocycles. The number of fused-ring (bicyclic) bond motifs is 1. The average Bonchev–Trinajstić information content (AvgIpc) is 3.27. The zero-order valence-corrected chi connectivity index (χ0v) is 32.7. The molecular formula is C40H67N5O6. The van der Waals surface area contributed by atoms with E-state index in [0.717, 1.165) is 77.2 Å². The topological polar surface area (TPSA) is 148 Å². The summed E-state index contributed by atoms with van der Waals surface area (Å²) in [4.78, 5) is 73.4. The van der Waals surface area contributed by atoms with E-state index < -0.39 is 41.5 Å². The van der Waals surface area contributed by atoms with Crippen molar-refractivity contribution in [2.24, 2.45) is 27.6 Å². The van der Waals surface area contributed by atoms with Crippen LogP contribution >= 0.6 is 0 Å². The van der Waals surface area contributed by atoms with Crippen LogP contribution in [0.3, 0.4) is 0 Å². The molecule has 2 heterocycles. The van der Waals surface area contributed by atoms with Gasteiger partial charge in [-0.3, -0.25) is 24.1 Å². The summed E-state index contributed by atoms with van der Waals surface area (Å²) in [6.45, 7) is 17.6. The van der Waals surface area contributed by atoms with Gasteiger partial charge < -0.3 is 26.0 Å². The van der Waals surface area contributed by atoms with Gasteiger partial charge in [-0.25, -0.2) is 4.79 Å². The number of nitrogens with one attached hydrogen (secondary N) is 3. The van der Waals surface area contributed by atoms with E-state index in [-0.39, 0.29) is 52.0 Å². The van der Waals surface area contributed by atoms with E-state index in [1.807, 2.05) is 27.7 Å². The van der Waals surface area contributed by atoms with Crippen molar-refractivity contribution < 1.29 is 29.1 Å². The number of carboxylic acid groups (broad SMARTS) is 1. The molecule has 5 fully saturated rings. The molecule has 3 aliphatic carbocycles. The summed E-state index contributed by atoms with van der Waals surface area (Å²) >= 11 is 0. The predicted molar refractivity (Wildman–Crippen MR) is 196 cm³/mol. The fourth-order valence-corrected chi connectivity index (χ4v) is 10.9. The first-order valence-corrected chi connectivity index (χ1v) is 20.1. The molecule has 51 heavy (non-hydrogen) atoms. The first-order chi connectivity index (χ1) is 23.9. The van der Waals surface area contributed by atoms with Crippen molar-refractivity contribution in [2.45, 2.75) is 182 Å². The van der Waals surface area contributed by atoms with Crippen LogP contribution in [0.25, 0.3) is 0 Å². The highest BCUT2D eigenvalue weighted by Gasteiger charge is 2.85. The molecule has 2 aliphatic heterocycles. The number of hydrogen-bond acceptors (Lipinski definition) is 6. The Bertz CT molecular complexity index is 1330. The fourth-order valence-electron chi connectivity index (χ4n) is 10.9. The smallest absolute Gasteiger partial charge is 0.326 e. The number of amides is 4. The number of carbonyl (C=O) groups excluding carboxylic acids is 4. The lowest BCUT2D eigenvalue weighted by Gasteiger charge is -2.40. The Balaban J connectivity index is 1.42. The fraction of sp³-hybridized carbons (Fsp3) is 0.875. The second-order valence-electron chi connectivity index (χ2n) is 18.6. The van der Waals surface area contributed by atoms with Gasteiger partial charge in [0.1, 0.15) is 24.2 Å². The quantitative estimate of drug-likeness (QED) is 0.222. The maximum Gasteiger partial charge on any atom is 0.326 e. The minimum atomic E-state index is -1.08. The van der Waals surface area contributed by atoms with Gasteiger partial charge in [-0.15, -0.1) is 0 Å². The molecule has 5 rings (SSSR count). The molecule has 0 aromatic rings. The standard InChI is InChI=1S/C40H67N5O6/c1-9-16-27(36(50)51)41-33(47)29-23-40(38(7,8)39(40)20-15-21-39)24-45(29)35(49)31(37(4,5)6)43-34(48)30(26-17-11-10-12-18-26)42-32(46)28-19-13-14-22-44(28)25(2)3/h25-31H,9-24H2,1-8H3,(H,41,47)(H,42,46)(H,43,48)(H,50,51)/t27-,28-,29+,30+,31+,40+/m1/s1. The third kappa shape index (κ3) is 7.18. The van der Waals surface area contributed by atoms with Crippen LogP contribution in [0.2, 0.25) is 0 Å². The van der Waals surface area contributed by atoms with Crippen LogP contribution in [0.15, 0.2) is 0 Å². The summed E-state index contributed by atoms with van der Waals surface area (Å²) in [5, 5.41) is 19.0. The Morgan fingerprint density at radius 2 is 1.45 bits per heavy atom. The number of hydrogen-bond donors (Lipinski definition) is 4. The Morgan fingerprint density at radius 1 is 0.824 bits per heavy atom. The van der Waals surface area contributed by atoms with Gasteiger partial charge in [-0.2, -0.15) is 0 Å². The maximum absolute atomic E-state index is 14.9. The zero-order chi connectivity index (χ0) is 37.5. The van der Waals surface area contributed by atoms with Gasteiger partial charge in [0, 0.05) is 18.0 Å². The lowest BCUT2D eigenvalue weighted by Crippen LogP contribution is -2.63. The van der Waals surface area contributed by atoms with Crippen LogP contribution in [-0.4, -0.2) is 93.8 Å². The van der Waals surface area contributed by atoms with Gasteiger partial charge in [0.2, 0.25) is 23.6 Å². The summed E-state index contributed by atoms with van der Waals surface area (Å²) in [6, 6.07) is -3.66. The lowest BCUT2D eigenvalue weighted by molar-refractivity contribution is -0.146. The van der Waals surface area contributed by atoms with Gasteiger partial charge in [-0.1, -0.05) is 80.1 Å². The van der Waals surface area contributed by atoms with Crippen molar-refractivity contribution in [3.05, 3.63) is 0 Å². The summed E-state index contributed by atoms with van der Waals surface area (Å²) < 4.78 is 0. The minimum Gasteiger partial charge on any atom is -0.480 e. The van der Waals surface area contributed by atoms with E-state index >= 15 is 0 Å². The van der Waals surface area contributed by atoms with Crippen molar-refractivity contribution in [2.75, 3.05) is 13.1 Å². The van der Waals surface area contributed by atoms with Crippen molar-refractivity contribution in [1.82, 2.24) is 25.8 Å². The second-order valence-corrected chi connectivity index (χ2v) is 18.6. The molecule has 4 amide bonds. The molecule has 11 nitrogen and oxygen atoms in total. The van der Waals surface area contributed by atoms with E-state index in [4.69, 9.17) is 0 Å². The van der Waals surface area contributed by atoms with Gasteiger partial charge in [0.15, 0.2) is 0 Å². The Morgan fingerprint density at radius 3 is 1.98 bits per heavy atom. The Kier molecular flexibility index (Phi) is 11.6. The third-order valence-corrected chi connectivity index (χ3v) is 14.2. The molecule has 0 radical (unpaired) electrons. The van der Waals surface area contributed by atoms with E-state index in [1.165, 1.54) is 0 Å². The number of carboxylic acids is 1.